The van der Waals surface area contributed by atoms with Crippen molar-refractivity contribution in [2.24, 2.45) is 0 Å². The molecular formula is C25H31N3O5. The number of ether oxygens (including phenoxy) is 2. The van der Waals surface area contributed by atoms with E-state index in [-0.39, 0.29) is 12.0 Å². The monoisotopic (exact) mass is 453 g/mol. The van der Waals surface area contributed by atoms with Crippen molar-refractivity contribution in [1.82, 2.24) is 10.2 Å². The van der Waals surface area contributed by atoms with Crippen LogP contribution in [0.5, 0.6) is 5.75 Å². The second-order valence-corrected chi connectivity index (χ2v) is 8.62. The number of methoxy groups -OCH3 is 1. The first kappa shape index (κ1) is 22.9. The van der Waals surface area contributed by atoms with Crippen LogP contribution in [0.3, 0.4) is 0 Å². The van der Waals surface area contributed by atoms with Gasteiger partial charge in [-0.1, -0.05) is 30.3 Å². The number of β-amino-alcohol motifs (C(OH)–C–C–N with tert-alkyl or cyclic N) is 1. The van der Waals surface area contributed by atoms with E-state index in [1.54, 1.807) is 4.90 Å². The Labute approximate surface area is 194 Å². The van der Waals surface area contributed by atoms with Gasteiger partial charge in [0.1, 0.15) is 5.75 Å². The van der Waals surface area contributed by atoms with Gasteiger partial charge in [-0.15, -0.1) is 0 Å². The minimum Gasteiger partial charge on any atom is -0.480 e. The lowest BCUT2D eigenvalue weighted by Crippen LogP contribution is -2.40. The summed E-state index contributed by atoms with van der Waals surface area (Å²) in [4.78, 5) is 28.3. The van der Waals surface area contributed by atoms with Crippen LogP contribution in [0, 0.1) is 0 Å². The second kappa shape index (κ2) is 10.1. The average Bonchev–Trinajstić information content (AvgIpc) is 3.46. The number of fused-ring (bicyclic) bond motifs is 1. The zero-order valence-corrected chi connectivity index (χ0v) is 19.1. The summed E-state index contributed by atoms with van der Waals surface area (Å²) in [6.07, 6.45) is 0.718. The highest BCUT2D eigenvalue weighted by atomic mass is 16.5. The van der Waals surface area contributed by atoms with E-state index in [0.717, 1.165) is 36.2 Å². The summed E-state index contributed by atoms with van der Waals surface area (Å²) in [7, 11) is 3.14. The van der Waals surface area contributed by atoms with Crippen LogP contribution in [0.4, 0.5) is 10.5 Å². The van der Waals surface area contributed by atoms with Crippen molar-refractivity contribution < 1.29 is 24.2 Å². The summed E-state index contributed by atoms with van der Waals surface area (Å²) in [5.41, 5.74) is 4.19. The van der Waals surface area contributed by atoms with Crippen LogP contribution >= 0.6 is 0 Å². The minimum atomic E-state index is -0.544. The van der Waals surface area contributed by atoms with E-state index in [0.29, 0.717) is 31.8 Å². The van der Waals surface area contributed by atoms with Crippen LogP contribution in [-0.2, 0) is 28.9 Å². The second-order valence-electron chi connectivity index (χ2n) is 8.62. The summed E-state index contributed by atoms with van der Waals surface area (Å²) < 4.78 is 10.5. The number of carbonyl (C=O) groups excluding carboxylic acids is 2. The molecule has 0 spiro atoms. The van der Waals surface area contributed by atoms with Gasteiger partial charge >= 0.3 is 6.09 Å². The number of likely N-dealkylation sites (N-methyl/N-ethyl adjacent to an activating group) is 1. The third kappa shape index (κ3) is 5.39. The molecule has 2 aromatic carbocycles. The van der Waals surface area contributed by atoms with Gasteiger partial charge in [-0.2, -0.15) is 0 Å². The number of hydrogen-bond donors (Lipinski definition) is 2. The van der Waals surface area contributed by atoms with E-state index in [2.05, 4.69) is 27.1 Å². The molecule has 2 heterocycles. The summed E-state index contributed by atoms with van der Waals surface area (Å²) in [5.74, 6) is 0.663. The molecule has 2 aliphatic rings. The summed E-state index contributed by atoms with van der Waals surface area (Å²) in [5, 5.41) is 12.5. The molecule has 33 heavy (non-hydrogen) atoms. The first-order valence-electron chi connectivity index (χ1n) is 11.3. The zero-order valence-electron chi connectivity index (χ0n) is 19.1. The molecule has 2 amide bonds. The molecule has 0 aromatic heterocycles. The van der Waals surface area contributed by atoms with Gasteiger partial charge in [-0.25, -0.2) is 4.79 Å². The van der Waals surface area contributed by atoms with E-state index in [4.69, 9.17) is 4.74 Å². The molecular weight excluding hydrogens is 422 g/mol. The molecule has 176 valence electrons. The van der Waals surface area contributed by atoms with Gasteiger partial charge in [0.2, 0.25) is 0 Å². The number of aliphatic hydroxyl groups is 1. The van der Waals surface area contributed by atoms with Crippen molar-refractivity contribution in [3.8, 4) is 5.75 Å². The number of aliphatic hydroxyl groups excluding tert-OH is 1. The number of hydrogen-bond acceptors (Lipinski definition) is 6. The van der Waals surface area contributed by atoms with Gasteiger partial charge in [-0.05, 0) is 41.7 Å². The number of anilines is 1. The van der Waals surface area contributed by atoms with Gasteiger partial charge in [-0.3, -0.25) is 4.79 Å². The average molecular weight is 454 g/mol. The predicted octanol–water partition coefficient (Wildman–Crippen LogP) is 2.12. The number of nitrogens with one attached hydrogen (secondary N) is 1. The Bertz CT molecular complexity index is 1010. The van der Waals surface area contributed by atoms with E-state index >= 15 is 0 Å². The molecule has 0 radical (unpaired) electrons. The van der Waals surface area contributed by atoms with Crippen molar-refractivity contribution in [1.29, 1.82) is 0 Å². The lowest BCUT2D eigenvalue weighted by molar-refractivity contribution is -0.136. The van der Waals surface area contributed by atoms with Crippen molar-refractivity contribution in [3.05, 3.63) is 59.2 Å². The van der Waals surface area contributed by atoms with Crippen LogP contribution in [0.25, 0.3) is 0 Å². The van der Waals surface area contributed by atoms with Crippen LogP contribution in [0.2, 0.25) is 0 Å². The van der Waals surface area contributed by atoms with Crippen molar-refractivity contribution >= 4 is 17.7 Å². The maximum absolute atomic E-state index is 13.0. The lowest BCUT2D eigenvalue weighted by Gasteiger charge is -2.24. The zero-order chi connectivity index (χ0) is 23.4. The number of amides is 2. The Morgan fingerprint density at radius 3 is 2.85 bits per heavy atom. The van der Waals surface area contributed by atoms with Crippen LogP contribution in [-0.4, -0.2) is 68.0 Å². The molecule has 1 fully saturated rings. The molecule has 8 heteroatoms. The Balaban J connectivity index is 1.33. The summed E-state index contributed by atoms with van der Waals surface area (Å²) in [6.45, 7) is 2.43. The first-order valence-corrected chi connectivity index (χ1v) is 11.3. The van der Waals surface area contributed by atoms with Gasteiger partial charge in [0, 0.05) is 45.3 Å². The quantitative estimate of drug-likeness (QED) is 0.667. The van der Waals surface area contributed by atoms with Crippen molar-refractivity contribution in [3.63, 3.8) is 0 Å². The fraction of sp³-hybridized carbons (Fsp3) is 0.440. The molecule has 4 rings (SSSR count). The SMILES string of the molecule is COC(=O)NCc1ccc2c(c1)C[C@@H](C(=O)N(C)CCc1ccccc1N1CC[C@H](O)C1)O2. The molecule has 0 aliphatic carbocycles. The highest BCUT2D eigenvalue weighted by molar-refractivity contribution is 5.82. The standard InChI is InChI=1S/C25H31N3O5/c1-27(11-9-18-5-3-4-6-21(18)28-12-10-20(29)16-28)24(30)23-14-19-13-17(7-8-22(19)33-23)15-26-25(31)32-2/h3-8,13,20,23,29H,9-12,14-16H2,1-2H3,(H,26,31)/t20-,23-/m0/s1. The minimum absolute atomic E-state index is 0.0467. The molecule has 1 saturated heterocycles. The third-order valence-electron chi connectivity index (χ3n) is 6.29. The largest absolute Gasteiger partial charge is 0.480 e. The van der Waals surface area contributed by atoms with Crippen LogP contribution in [0.1, 0.15) is 23.1 Å². The van der Waals surface area contributed by atoms with Gasteiger partial charge in [0.05, 0.1) is 13.2 Å². The van der Waals surface area contributed by atoms with Crippen molar-refractivity contribution in [2.75, 3.05) is 38.7 Å². The molecule has 0 unspecified atom stereocenters. The van der Waals surface area contributed by atoms with Crippen molar-refractivity contribution in [2.45, 2.75) is 38.0 Å². The van der Waals surface area contributed by atoms with E-state index in [1.807, 2.05) is 37.4 Å². The molecule has 0 saturated carbocycles. The van der Waals surface area contributed by atoms with E-state index in [9.17, 15) is 14.7 Å². The molecule has 8 nitrogen and oxygen atoms in total. The van der Waals surface area contributed by atoms with Gasteiger partial charge in [0.25, 0.3) is 5.91 Å². The maximum Gasteiger partial charge on any atom is 0.407 e. The summed E-state index contributed by atoms with van der Waals surface area (Å²) in [6, 6.07) is 13.9. The highest BCUT2D eigenvalue weighted by Gasteiger charge is 2.31. The Hall–Kier alpha value is -3.26. The third-order valence-corrected chi connectivity index (χ3v) is 6.29. The maximum atomic E-state index is 13.0. The fourth-order valence-electron chi connectivity index (χ4n) is 4.43. The smallest absolute Gasteiger partial charge is 0.407 e. The molecule has 2 aromatic rings. The number of alkyl carbamates (subject to hydrolysis) is 1. The predicted molar refractivity (Wildman–Crippen MR) is 124 cm³/mol. The normalized spacial score (nSPS) is 19.1. The number of rotatable bonds is 7. The summed E-state index contributed by atoms with van der Waals surface area (Å²) >= 11 is 0. The van der Waals surface area contributed by atoms with Gasteiger partial charge in [0.15, 0.2) is 6.10 Å². The van der Waals surface area contributed by atoms with E-state index < -0.39 is 12.2 Å². The topological polar surface area (TPSA) is 91.3 Å². The fourth-order valence-corrected chi connectivity index (χ4v) is 4.43. The first-order chi connectivity index (χ1) is 15.9. The van der Waals surface area contributed by atoms with Gasteiger partial charge < -0.3 is 29.7 Å². The Morgan fingerprint density at radius 1 is 1.27 bits per heavy atom. The highest BCUT2D eigenvalue weighted by Crippen LogP contribution is 2.31. The lowest BCUT2D eigenvalue weighted by atomic mass is 10.1. The Kier molecular flexibility index (Phi) is 7.03. The number of para-hydroxylation sites is 1. The van der Waals surface area contributed by atoms with Crippen LogP contribution in [0.15, 0.2) is 42.5 Å². The molecule has 2 atom stereocenters. The number of benzene rings is 2. The molecule has 2 aliphatic heterocycles. The molecule has 0 bridgehead atoms. The Morgan fingerprint density at radius 2 is 2.09 bits per heavy atom. The van der Waals surface area contributed by atoms with Crippen LogP contribution < -0.4 is 15.0 Å². The van der Waals surface area contributed by atoms with E-state index in [1.165, 1.54) is 12.7 Å². The number of nitrogens with zero attached hydrogens (tertiary/aromatic N) is 2. The molecule has 2 N–H and O–H groups in total. The number of carbonyl (C=O) groups is 2.